The molecule has 2 aromatic rings. The minimum Gasteiger partial charge on any atom is -0.465 e. The molecule has 2 aromatic heterocycles. The smallest absolute Gasteiger partial charge is 0.358 e. The molecule has 0 unspecified atom stereocenters. The van der Waals surface area contributed by atoms with Gasteiger partial charge >= 0.3 is 11.9 Å². The number of methoxy groups -OCH3 is 1. The number of esters is 2. The van der Waals surface area contributed by atoms with Crippen molar-refractivity contribution >= 4 is 34.2 Å². The van der Waals surface area contributed by atoms with Gasteiger partial charge in [-0.1, -0.05) is 6.08 Å². The largest absolute Gasteiger partial charge is 0.465 e. The highest BCUT2D eigenvalue weighted by Crippen LogP contribution is 2.20. The van der Waals surface area contributed by atoms with Crippen molar-refractivity contribution < 1.29 is 23.9 Å². The van der Waals surface area contributed by atoms with E-state index >= 15 is 0 Å². The van der Waals surface area contributed by atoms with Crippen molar-refractivity contribution in [3.8, 4) is 0 Å². The first kappa shape index (κ1) is 19.4. The lowest BCUT2D eigenvalue weighted by molar-refractivity contribution is 0.0468. The number of hydrogen-bond donors (Lipinski definition) is 2. The first-order chi connectivity index (χ1) is 12.4. The standard InChI is InChI=1S/C17H19N3O5S/c1-5-6-18-17-20-11(8-26-17)15(22)25-7-12(21)14-9(2)13(10(3)19-14)16(23)24-4/h5,8,19H,1,6-7H2,2-4H3,(H,18,20). The molecular weight excluding hydrogens is 358 g/mol. The van der Waals surface area contributed by atoms with Crippen LogP contribution >= 0.6 is 11.3 Å². The minimum absolute atomic E-state index is 0.115. The zero-order chi connectivity index (χ0) is 19.3. The third kappa shape index (κ3) is 4.17. The van der Waals surface area contributed by atoms with E-state index in [1.165, 1.54) is 23.8 Å². The van der Waals surface area contributed by atoms with E-state index in [-0.39, 0.29) is 11.4 Å². The molecule has 0 amide bonds. The molecule has 2 N–H and O–H groups in total. The predicted molar refractivity (Wildman–Crippen MR) is 97.0 cm³/mol. The number of anilines is 1. The average Bonchev–Trinajstić information content (AvgIpc) is 3.21. The molecule has 0 saturated heterocycles. The van der Waals surface area contributed by atoms with Gasteiger partial charge in [0.2, 0.25) is 5.78 Å². The van der Waals surface area contributed by atoms with Gasteiger partial charge in [0.1, 0.15) is 0 Å². The zero-order valence-electron chi connectivity index (χ0n) is 14.7. The second kappa shape index (κ2) is 8.43. The Labute approximate surface area is 154 Å². The number of nitrogens with zero attached hydrogens (tertiary/aromatic N) is 1. The first-order valence-corrected chi connectivity index (χ1v) is 8.55. The number of carbonyl (C=O) groups excluding carboxylic acids is 3. The van der Waals surface area contributed by atoms with Crippen molar-refractivity contribution in [3.63, 3.8) is 0 Å². The number of aromatic amines is 1. The van der Waals surface area contributed by atoms with E-state index < -0.39 is 24.3 Å². The fourth-order valence-electron chi connectivity index (χ4n) is 2.32. The van der Waals surface area contributed by atoms with Gasteiger partial charge in [-0.15, -0.1) is 17.9 Å². The molecule has 0 fully saturated rings. The van der Waals surface area contributed by atoms with E-state index in [1.54, 1.807) is 19.9 Å². The van der Waals surface area contributed by atoms with Crippen LogP contribution in [0.15, 0.2) is 18.0 Å². The van der Waals surface area contributed by atoms with E-state index in [9.17, 15) is 14.4 Å². The second-order valence-corrected chi connectivity index (χ2v) is 6.18. The lowest BCUT2D eigenvalue weighted by Gasteiger charge is -2.03. The number of aromatic nitrogens is 2. The Hall–Kier alpha value is -2.94. The number of ether oxygens (including phenoxy) is 2. The monoisotopic (exact) mass is 377 g/mol. The normalized spacial score (nSPS) is 10.3. The van der Waals surface area contributed by atoms with Gasteiger partial charge in [0, 0.05) is 17.6 Å². The maximum absolute atomic E-state index is 12.3. The van der Waals surface area contributed by atoms with E-state index in [0.29, 0.717) is 28.5 Å². The molecular formula is C17H19N3O5S. The van der Waals surface area contributed by atoms with Crippen LogP contribution in [0.1, 0.15) is 42.6 Å². The number of Topliss-reactive ketones (excluding diaryl/α,β-unsaturated/α-hetero) is 1. The molecule has 8 nitrogen and oxygen atoms in total. The van der Waals surface area contributed by atoms with Crippen molar-refractivity contribution in [2.24, 2.45) is 0 Å². The van der Waals surface area contributed by atoms with E-state index in [2.05, 4.69) is 21.9 Å². The Morgan fingerprint density at radius 2 is 2.08 bits per heavy atom. The molecule has 0 aliphatic rings. The summed E-state index contributed by atoms with van der Waals surface area (Å²) >= 11 is 1.25. The lowest BCUT2D eigenvalue weighted by atomic mass is 10.1. The predicted octanol–water partition coefficient (Wildman–Crippen LogP) is 2.51. The van der Waals surface area contributed by atoms with Gasteiger partial charge in [-0.2, -0.15) is 0 Å². The van der Waals surface area contributed by atoms with Crippen LogP contribution in [0.25, 0.3) is 0 Å². The van der Waals surface area contributed by atoms with E-state index in [4.69, 9.17) is 9.47 Å². The highest BCUT2D eigenvalue weighted by Gasteiger charge is 2.23. The Bertz CT molecular complexity index is 853. The van der Waals surface area contributed by atoms with Crippen LogP contribution in [0.3, 0.4) is 0 Å². The highest BCUT2D eigenvalue weighted by molar-refractivity contribution is 7.13. The molecule has 0 aliphatic heterocycles. The van der Waals surface area contributed by atoms with E-state index in [1.807, 2.05) is 0 Å². The fourth-order valence-corrected chi connectivity index (χ4v) is 3.01. The van der Waals surface area contributed by atoms with Crippen molar-refractivity contribution in [3.05, 3.63) is 46.2 Å². The third-order valence-electron chi connectivity index (χ3n) is 3.55. The first-order valence-electron chi connectivity index (χ1n) is 7.67. The van der Waals surface area contributed by atoms with E-state index in [0.717, 1.165) is 0 Å². The third-order valence-corrected chi connectivity index (χ3v) is 4.35. The van der Waals surface area contributed by atoms with Crippen LogP contribution in [0.2, 0.25) is 0 Å². The molecule has 0 atom stereocenters. The Morgan fingerprint density at radius 1 is 1.35 bits per heavy atom. The van der Waals surface area contributed by atoms with Gasteiger partial charge < -0.3 is 19.8 Å². The molecule has 2 heterocycles. The molecule has 2 rings (SSSR count). The summed E-state index contributed by atoms with van der Waals surface area (Å²) < 4.78 is 9.73. The van der Waals surface area contributed by atoms with Crippen LogP contribution in [-0.2, 0) is 9.47 Å². The molecule has 0 spiro atoms. The van der Waals surface area contributed by atoms with Gasteiger partial charge in [-0.05, 0) is 19.4 Å². The molecule has 0 aromatic carbocycles. The summed E-state index contributed by atoms with van der Waals surface area (Å²) in [6.07, 6.45) is 1.67. The van der Waals surface area contributed by atoms with Crippen molar-refractivity contribution in [1.82, 2.24) is 9.97 Å². The van der Waals surface area contributed by atoms with Gasteiger partial charge in [0.15, 0.2) is 17.4 Å². The van der Waals surface area contributed by atoms with Crippen LogP contribution in [0, 0.1) is 13.8 Å². The van der Waals surface area contributed by atoms with Gasteiger partial charge in [0.05, 0.1) is 18.4 Å². The molecule has 0 radical (unpaired) electrons. The number of nitrogens with one attached hydrogen (secondary N) is 2. The van der Waals surface area contributed by atoms with Gasteiger partial charge in [-0.3, -0.25) is 4.79 Å². The van der Waals surface area contributed by atoms with Crippen molar-refractivity contribution in [2.45, 2.75) is 13.8 Å². The Morgan fingerprint density at radius 3 is 2.73 bits per heavy atom. The van der Waals surface area contributed by atoms with Crippen molar-refractivity contribution in [1.29, 1.82) is 0 Å². The summed E-state index contributed by atoms with van der Waals surface area (Å²) in [6, 6.07) is 0. The minimum atomic E-state index is -0.699. The second-order valence-electron chi connectivity index (χ2n) is 5.32. The summed E-state index contributed by atoms with van der Waals surface area (Å²) in [7, 11) is 1.27. The SMILES string of the molecule is C=CCNc1nc(C(=O)OCC(=O)c2[nH]c(C)c(C(=O)OC)c2C)cs1. The van der Waals surface area contributed by atoms with Crippen LogP contribution < -0.4 is 5.32 Å². The fraction of sp³-hybridized carbons (Fsp3) is 0.294. The van der Waals surface area contributed by atoms with Crippen LogP contribution in [-0.4, -0.2) is 48.0 Å². The summed E-state index contributed by atoms with van der Waals surface area (Å²) in [5.74, 6) is -1.68. The summed E-state index contributed by atoms with van der Waals surface area (Å²) in [5, 5.41) is 5.06. The number of ketones is 1. The molecule has 26 heavy (non-hydrogen) atoms. The number of thiazole rings is 1. The molecule has 9 heteroatoms. The van der Waals surface area contributed by atoms with Gasteiger partial charge in [0.25, 0.3) is 0 Å². The number of carbonyl (C=O) groups is 3. The number of H-pyrrole nitrogens is 1. The van der Waals surface area contributed by atoms with Gasteiger partial charge in [-0.25, -0.2) is 14.6 Å². The Balaban J connectivity index is 2.02. The summed E-state index contributed by atoms with van der Waals surface area (Å²) in [5.41, 5.74) is 1.60. The summed E-state index contributed by atoms with van der Waals surface area (Å²) in [6.45, 7) is 6.93. The number of rotatable bonds is 8. The maximum Gasteiger partial charge on any atom is 0.358 e. The average molecular weight is 377 g/mol. The number of aryl methyl sites for hydroxylation is 1. The van der Waals surface area contributed by atoms with Crippen LogP contribution in [0.4, 0.5) is 5.13 Å². The van der Waals surface area contributed by atoms with Crippen molar-refractivity contribution in [2.75, 3.05) is 25.6 Å². The molecule has 138 valence electrons. The Kier molecular flexibility index (Phi) is 6.29. The molecule has 0 saturated carbocycles. The lowest BCUT2D eigenvalue weighted by Crippen LogP contribution is -2.16. The zero-order valence-corrected chi connectivity index (χ0v) is 15.5. The maximum atomic E-state index is 12.3. The quantitative estimate of drug-likeness (QED) is 0.413. The summed E-state index contributed by atoms with van der Waals surface area (Å²) in [4.78, 5) is 43.0. The molecule has 0 aliphatic carbocycles. The number of hydrogen-bond acceptors (Lipinski definition) is 8. The van der Waals surface area contributed by atoms with Crippen LogP contribution in [0.5, 0.6) is 0 Å². The highest BCUT2D eigenvalue weighted by atomic mass is 32.1. The topological polar surface area (TPSA) is 110 Å². The molecule has 0 bridgehead atoms.